The van der Waals surface area contributed by atoms with Crippen LogP contribution in [0.15, 0.2) is 84.4 Å². The number of anilines is 1. The number of carbonyl (C=O) groups is 5. The lowest BCUT2D eigenvalue weighted by Crippen LogP contribution is -2.46. The smallest absolute Gasteiger partial charge is 0.312 e. The number of aliphatic hydroxyl groups excluding tert-OH is 4. The molecule has 2 amide bonds. The number of phenolic OH excluding ortho intramolecular Hbond substituents is 3. The van der Waals surface area contributed by atoms with Crippen LogP contribution in [0.1, 0.15) is 130 Å². The number of phenols is 3. The third kappa shape index (κ3) is 20.5. The zero-order valence-electron chi connectivity index (χ0n) is 54.9. The molecule has 2 aromatic carbocycles. The third-order valence-electron chi connectivity index (χ3n) is 16.6. The molecule has 4 aromatic rings. The Balaban J connectivity index is 0.000000438. The van der Waals surface area contributed by atoms with E-state index in [1.165, 1.54) is 78.0 Å². The molecule has 506 valence electrons. The lowest BCUT2D eigenvalue weighted by atomic mass is 9.78. The molecule has 26 nitrogen and oxygen atoms in total. The first kappa shape index (κ1) is 76.5. The monoisotopic (exact) mass is 1280 g/mol. The average molecular weight is 1290 g/mol. The summed E-state index contributed by atoms with van der Waals surface area (Å²) in [4.78, 5) is 74.9. The molecule has 4 aliphatic rings. The van der Waals surface area contributed by atoms with Crippen molar-refractivity contribution in [1.82, 2.24) is 30.2 Å². The topological polar surface area (TPSA) is 397 Å². The highest BCUT2D eigenvalue weighted by atomic mass is 16.7. The normalized spacial score (nSPS) is 24.8. The summed E-state index contributed by atoms with van der Waals surface area (Å²) in [7, 11) is 3.42. The number of piperazine rings is 1. The van der Waals surface area contributed by atoms with Crippen LogP contribution in [-0.4, -0.2) is 199 Å². The summed E-state index contributed by atoms with van der Waals surface area (Å²) < 4.78 is 23.6. The number of hydrazone groups is 1. The Morgan fingerprint density at radius 1 is 0.902 bits per heavy atom. The molecule has 13 N–H and O–H groups in total. The lowest BCUT2D eigenvalue weighted by molar-refractivity contribution is -0.160. The van der Waals surface area contributed by atoms with Crippen LogP contribution in [0.25, 0.3) is 10.8 Å². The summed E-state index contributed by atoms with van der Waals surface area (Å²) in [5, 5.41) is 88.0. The number of aromatic hydroxyl groups is 3. The molecule has 8 rings (SSSR count). The van der Waals surface area contributed by atoms with E-state index in [0.29, 0.717) is 31.2 Å². The number of likely N-dealkylation sites (N-methyl/N-ethyl adjacent to an activating group) is 1. The van der Waals surface area contributed by atoms with E-state index in [9.17, 15) is 49.5 Å². The number of methoxy groups -OCH3 is 1. The minimum absolute atomic E-state index is 0.0533. The largest absolute Gasteiger partial charge is 0.507 e. The molecule has 4 aliphatic heterocycles. The molecule has 92 heavy (non-hydrogen) atoms. The van der Waals surface area contributed by atoms with Gasteiger partial charge in [-0.25, -0.2) is 4.98 Å². The van der Waals surface area contributed by atoms with Crippen molar-refractivity contribution in [2.24, 2.45) is 46.2 Å². The molecule has 1 saturated heterocycles. The highest BCUT2D eigenvalue weighted by Gasteiger charge is 2.50. The number of hydrogen-bond donors (Lipinski definition) is 11. The number of amides is 2. The zero-order valence-corrected chi connectivity index (χ0v) is 54.9. The van der Waals surface area contributed by atoms with Gasteiger partial charge in [0.05, 0.1) is 72.3 Å². The molecular weight excluding hydrogens is 1190 g/mol. The van der Waals surface area contributed by atoms with Gasteiger partial charge in [0.1, 0.15) is 29.0 Å². The number of nitrogens with zero attached hydrogens (tertiary/aromatic N) is 6. The van der Waals surface area contributed by atoms with Crippen molar-refractivity contribution >= 4 is 52.0 Å². The van der Waals surface area contributed by atoms with E-state index < -0.39 is 94.7 Å². The van der Waals surface area contributed by atoms with Crippen LogP contribution in [0.5, 0.6) is 23.0 Å². The van der Waals surface area contributed by atoms with Crippen LogP contribution < -0.4 is 26.8 Å². The first-order valence-corrected chi connectivity index (χ1v) is 30.9. The molecule has 0 saturated carbocycles. The first-order valence-electron chi connectivity index (χ1n) is 30.9. The molecule has 0 radical (unpaired) electrons. The molecule has 1 fully saturated rings. The van der Waals surface area contributed by atoms with E-state index in [0.717, 1.165) is 45.3 Å². The Morgan fingerprint density at radius 2 is 1.58 bits per heavy atom. The van der Waals surface area contributed by atoms with Crippen molar-refractivity contribution in [2.75, 3.05) is 72.0 Å². The highest BCUT2D eigenvalue weighted by molar-refractivity contribution is 6.24. The third-order valence-corrected chi connectivity index (χ3v) is 16.6. The molecule has 0 aliphatic carbocycles. The fourth-order valence-corrected chi connectivity index (χ4v) is 10.5. The highest BCUT2D eigenvalue weighted by Crippen LogP contribution is 2.55. The van der Waals surface area contributed by atoms with Gasteiger partial charge in [-0.1, -0.05) is 66.2 Å². The lowest BCUT2D eigenvalue weighted by Gasteiger charge is -2.38. The summed E-state index contributed by atoms with van der Waals surface area (Å²) in [6.45, 7) is 20.8. The standard InChI is InChI=1S/C43H58N4O12.C11H25NO2.C7H8N2O.C5H5N3O/c1-21-12-11-13-22(2)42(55)45-33-28(20-44-47-17-15-46(9)16-18-47)37(52)30-31(38(33)53)36(51)26(6)40-32(30)41(54)43(8,59-40)57-19-14-29(56-10)23(3)39(58-27(7)48)25(5)35(50)24(4)34(21)49;1-3-10(8-13)6-5-7-12-11(4-2)9-14;8-5-7(10)6-1-3-9-4-2-6;6-5(9)4-3-7-1-2-8-4/h11-14,19-21,23-25,29,34-35,39,49-53H,15-18H2,1-10H3,(H,45,55);10-14H,3-9H2,1-2H3;1-4H,5,8H2;1-3H,(H2,6,9)/b12-11+,19-14+,22-13-,44-20+;;;/t21-,23+,24+,25+,29-,34-,35+,39+,43-;10-,11+;;/m01../s1. The maximum atomic E-state index is 14.4. The van der Waals surface area contributed by atoms with Gasteiger partial charge in [0, 0.05) is 130 Å². The number of fused-ring (bicyclic) bond motifs is 14. The summed E-state index contributed by atoms with van der Waals surface area (Å²) in [6, 6.07) is 3.54. The Bertz CT molecular complexity index is 3180. The van der Waals surface area contributed by atoms with E-state index in [2.05, 4.69) is 49.4 Å². The predicted octanol–water partition coefficient (Wildman–Crippen LogP) is 5.28. The van der Waals surface area contributed by atoms with Crippen LogP contribution >= 0.6 is 0 Å². The second kappa shape index (κ2) is 36.9. The van der Waals surface area contributed by atoms with Gasteiger partial charge >= 0.3 is 11.8 Å². The summed E-state index contributed by atoms with van der Waals surface area (Å²) in [6.07, 6.45) is 16.4. The van der Waals surface area contributed by atoms with Crippen molar-refractivity contribution in [1.29, 1.82) is 0 Å². The Morgan fingerprint density at radius 3 is 2.13 bits per heavy atom. The first-order chi connectivity index (χ1) is 43.7. The number of pyridine rings is 1. The number of carbonyl (C=O) groups excluding carboxylic acids is 5. The summed E-state index contributed by atoms with van der Waals surface area (Å²) in [5.74, 6) is -8.50. The number of Topliss-reactive ketones (excluding diaryl/α,β-unsaturated/α-hetero) is 2. The van der Waals surface area contributed by atoms with Gasteiger partial charge in [-0.15, -0.1) is 0 Å². The number of primary amides is 1. The van der Waals surface area contributed by atoms with E-state index >= 15 is 0 Å². The van der Waals surface area contributed by atoms with Gasteiger partial charge in [0.15, 0.2) is 11.5 Å². The summed E-state index contributed by atoms with van der Waals surface area (Å²) in [5.41, 5.74) is 10.5. The summed E-state index contributed by atoms with van der Waals surface area (Å²) >= 11 is 0. The van der Waals surface area contributed by atoms with Crippen molar-refractivity contribution in [3.05, 3.63) is 107 Å². The molecule has 6 heterocycles. The van der Waals surface area contributed by atoms with Crippen LogP contribution in [0.2, 0.25) is 0 Å². The van der Waals surface area contributed by atoms with E-state index in [-0.39, 0.29) is 75.1 Å². The van der Waals surface area contributed by atoms with Crippen molar-refractivity contribution in [3.8, 4) is 23.0 Å². The predicted molar refractivity (Wildman–Crippen MR) is 348 cm³/mol. The van der Waals surface area contributed by atoms with Gasteiger partial charge in [0.25, 0.3) is 17.6 Å². The van der Waals surface area contributed by atoms with Gasteiger partial charge in [0.2, 0.25) is 0 Å². The SMILES string of the molecule is CC[C@@H](CO)CCCN[C@@H](CC)CO.CO[C@H]1/C=C/O[C@@]2(C)Oc3c(C)c(O)c4c(O)c(c(/C=N/N5CCN(C)CC5)c(O)c4c3C2=O)NC(=O)/C(C)=C\C=C\[C@H](C)[C@H](O)[C@@H](C)[C@@H](O)[C@@H](C)[C@H](OC(C)=O)[C@@H]1C.NC(=O)c1cnccn1.NCC(=O)c1ccncc1. The number of allylic oxidation sites excluding steroid dienone is 2. The van der Waals surface area contributed by atoms with Crippen LogP contribution in [0.3, 0.4) is 0 Å². The van der Waals surface area contributed by atoms with Crippen LogP contribution in [0.4, 0.5) is 5.69 Å². The fraction of sp³-hybridized carbons (Fsp3) is 0.530. The van der Waals surface area contributed by atoms with Crippen molar-refractivity contribution < 1.29 is 78.7 Å². The minimum Gasteiger partial charge on any atom is -0.507 e. The van der Waals surface area contributed by atoms with Gasteiger partial charge in [-0.2, -0.15) is 5.10 Å². The number of aliphatic hydroxyl groups is 4. The molecule has 11 atom stereocenters. The maximum Gasteiger partial charge on any atom is 0.312 e. The number of nitrogens with one attached hydrogen (secondary N) is 2. The minimum atomic E-state index is -2.04. The van der Waals surface area contributed by atoms with Crippen molar-refractivity contribution in [2.45, 2.75) is 131 Å². The number of esters is 1. The number of benzene rings is 2. The number of nitrogens with two attached hydrogens (primary N) is 2. The molecular formula is C66H96N10O16. The molecule has 2 aromatic heterocycles. The molecule has 5 bridgehead atoms. The maximum absolute atomic E-state index is 14.4. The number of rotatable bonds is 16. The Hall–Kier alpha value is -7.95. The molecule has 26 heteroatoms. The van der Waals surface area contributed by atoms with Gasteiger partial charge in [-0.3, -0.25) is 38.9 Å². The van der Waals surface area contributed by atoms with Gasteiger partial charge in [-0.05, 0) is 70.8 Å². The second-order valence-corrected chi connectivity index (χ2v) is 23.3. The number of ether oxygens (including phenoxy) is 4. The number of hydrogen-bond acceptors (Lipinski definition) is 24. The van der Waals surface area contributed by atoms with E-state index in [4.69, 9.17) is 40.6 Å². The van der Waals surface area contributed by atoms with Crippen LogP contribution in [0, 0.1) is 36.5 Å². The van der Waals surface area contributed by atoms with E-state index in [1.54, 1.807) is 69.4 Å². The Labute approximate surface area is 538 Å². The number of aromatic nitrogens is 3. The van der Waals surface area contributed by atoms with Crippen LogP contribution in [-0.2, 0) is 23.8 Å². The molecule has 0 spiro atoms. The Kier molecular flexibility index (Phi) is 30.7. The second-order valence-electron chi connectivity index (χ2n) is 23.3. The fourth-order valence-electron chi connectivity index (χ4n) is 10.5. The average Bonchev–Trinajstić information content (AvgIpc) is 1.44. The van der Waals surface area contributed by atoms with Gasteiger partial charge < -0.3 is 81.7 Å². The zero-order chi connectivity index (χ0) is 68.6. The molecule has 0 unspecified atom stereocenters. The number of ketones is 2. The van der Waals surface area contributed by atoms with E-state index in [1.807, 2.05) is 7.05 Å². The quantitative estimate of drug-likeness (QED) is 0.0170. The van der Waals surface area contributed by atoms with Crippen molar-refractivity contribution in [3.63, 3.8) is 0 Å².